The maximum atomic E-state index is 12.5. The second-order valence-corrected chi connectivity index (χ2v) is 7.84. The number of hydrogen-bond acceptors (Lipinski definition) is 4. The summed E-state index contributed by atoms with van der Waals surface area (Å²) in [4.78, 5) is 0. The molecule has 0 spiro atoms. The molecule has 2 rings (SSSR count). The summed E-state index contributed by atoms with van der Waals surface area (Å²) in [5.41, 5.74) is 1.51. The maximum absolute atomic E-state index is 12.5. The van der Waals surface area contributed by atoms with E-state index in [0.717, 1.165) is 5.56 Å². The number of ether oxygens (including phenoxy) is 2. The molecule has 24 heavy (non-hydrogen) atoms. The summed E-state index contributed by atoms with van der Waals surface area (Å²) in [5.74, 6) is 1.10. The first-order valence-electron chi connectivity index (χ1n) is 7.25. The Labute approximate surface area is 147 Å². The van der Waals surface area contributed by atoms with Crippen molar-refractivity contribution in [1.82, 2.24) is 4.31 Å². The Morgan fingerprint density at radius 2 is 1.54 bits per heavy atom. The van der Waals surface area contributed by atoms with E-state index in [-0.39, 0.29) is 12.3 Å². The van der Waals surface area contributed by atoms with E-state index in [1.165, 1.54) is 4.31 Å². The van der Waals surface area contributed by atoms with Crippen molar-refractivity contribution in [2.75, 3.05) is 21.3 Å². The van der Waals surface area contributed by atoms with Gasteiger partial charge in [-0.25, -0.2) is 12.7 Å². The fourth-order valence-corrected chi connectivity index (χ4v) is 3.54. The first-order valence-corrected chi connectivity index (χ1v) is 9.24. The van der Waals surface area contributed by atoms with E-state index in [9.17, 15) is 8.42 Å². The lowest BCUT2D eigenvalue weighted by Crippen LogP contribution is -2.27. The monoisotopic (exact) mass is 369 g/mol. The number of hydrogen-bond donors (Lipinski definition) is 0. The van der Waals surface area contributed by atoms with Gasteiger partial charge in [0.05, 0.1) is 20.0 Å². The molecule has 130 valence electrons. The van der Waals surface area contributed by atoms with Crippen molar-refractivity contribution in [3.8, 4) is 11.5 Å². The molecule has 0 radical (unpaired) electrons. The number of benzene rings is 2. The summed E-state index contributed by atoms with van der Waals surface area (Å²) >= 11 is 5.82. The molecule has 0 aliphatic carbocycles. The summed E-state index contributed by atoms with van der Waals surface area (Å²) in [7, 11) is 1.22. The summed E-state index contributed by atoms with van der Waals surface area (Å²) in [6, 6.07) is 12.1. The van der Waals surface area contributed by atoms with Crippen molar-refractivity contribution in [3.05, 3.63) is 58.6 Å². The van der Waals surface area contributed by atoms with Crippen molar-refractivity contribution < 1.29 is 17.9 Å². The van der Waals surface area contributed by atoms with Crippen molar-refractivity contribution in [1.29, 1.82) is 0 Å². The van der Waals surface area contributed by atoms with Crippen LogP contribution in [-0.2, 0) is 22.3 Å². The van der Waals surface area contributed by atoms with E-state index in [2.05, 4.69) is 0 Å². The van der Waals surface area contributed by atoms with E-state index < -0.39 is 10.0 Å². The molecule has 0 N–H and O–H groups in total. The molecule has 0 atom stereocenters. The van der Waals surface area contributed by atoms with Gasteiger partial charge >= 0.3 is 0 Å². The van der Waals surface area contributed by atoms with Gasteiger partial charge in [-0.05, 0) is 35.4 Å². The van der Waals surface area contributed by atoms with Gasteiger partial charge in [0.1, 0.15) is 0 Å². The molecule has 2 aromatic rings. The van der Waals surface area contributed by atoms with Crippen LogP contribution in [0.4, 0.5) is 0 Å². The molecular formula is C17H20ClNO4S. The van der Waals surface area contributed by atoms with Gasteiger partial charge in [-0.2, -0.15) is 0 Å². The first kappa shape index (κ1) is 18.6. The number of rotatable bonds is 7. The second-order valence-electron chi connectivity index (χ2n) is 5.33. The summed E-state index contributed by atoms with van der Waals surface area (Å²) in [6.45, 7) is 0.246. The molecule has 0 amide bonds. The zero-order chi connectivity index (χ0) is 17.7. The minimum Gasteiger partial charge on any atom is -0.493 e. The number of halogens is 1. The fraction of sp³-hybridized carbons (Fsp3) is 0.294. The highest BCUT2D eigenvalue weighted by Gasteiger charge is 2.19. The molecule has 0 saturated carbocycles. The Balaban J connectivity index is 2.12. The molecule has 0 heterocycles. The van der Waals surface area contributed by atoms with E-state index >= 15 is 0 Å². The molecule has 0 fully saturated rings. The van der Waals surface area contributed by atoms with E-state index in [1.807, 2.05) is 6.07 Å². The second kappa shape index (κ2) is 7.88. The van der Waals surface area contributed by atoms with Crippen molar-refractivity contribution in [3.63, 3.8) is 0 Å². The molecule has 2 aromatic carbocycles. The predicted octanol–water partition coefficient (Wildman–Crippen LogP) is 3.32. The van der Waals surface area contributed by atoms with Crippen LogP contribution in [0.1, 0.15) is 11.1 Å². The molecule has 7 heteroatoms. The van der Waals surface area contributed by atoms with Crippen LogP contribution >= 0.6 is 11.6 Å². The summed E-state index contributed by atoms with van der Waals surface area (Å²) in [6.07, 6.45) is 0. The third-order valence-electron chi connectivity index (χ3n) is 3.59. The molecule has 0 aliphatic rings. The van der Waals surface area contributed by atoms with Crippen LogP contribution < -0.4 is 9.47 Å². The van der Waals surface area contributed by atoms with Crippen LogP contribution in [0.25, 0.3) is 0 Å². The lowest BCUT2D eigenvalue weighted by Gasteiger charge is -2.18. The predicted molar refractivity (Wildman–Crippen MR) is 95.1 cm³/mol. The topological polar surface area (TPSA) is 55.8 Å². The zero-order valence-corrected chi connectivity index (χ0v) is 15.4. The molecule has 0 bridgehead atoms. The Kier molecular flexibility index (Phi) is 6.10. The average Bonchev–Trinajstić information content (AvgIpc) is 2.56. The van der Waals surface area contributed by atoms with Gasteiger partial charge in [-0.15, -0.1) is 0 Å². The highest BCUT2D eigenvalue weighted by atomic mass is 35.5. The highest BCUT2D eigenvalue weighted by molar-refractivity contribution is 7.88. The van der Waals surface area contributed by atoms with Gasteiger partial charge in [0.15, 0.2) is 11.5 Å². The smallest absolute Gasteiger partial charge is 0.218 e. The van der Waals surface area contributed by atoms with Crippen molar-refractivity contribution in [2.45, 2.75) is 12.3 Å². The Bertz CT molecular complexity index is 791. The molecule has 0 aromatic heterocycles. The quantitative estimate of drug-likeness (QED) is 0.751. The normalized spacial score (nSPS) is 11.5. The van der Waals surface area contributed by atoms with Crippen molar-refractivity contribution in [2.24, 2.45) is 0 Å². The molecule has 0 aliphatic heterocycles. The van der Waals surface area contributed by atoms with Crippen molar-refractivity contribution >= 4 is 21.6 Å². The van der Waals surface area contributed by atoms with Gasteiger partial charge in [-0.1, -0.05) is 29.8 Å². The molecule has 0 unspecified atom stereocenters. The van der Waals surface area contributed by atoms with Crippen LogP contribution in [0.5, 0.6) is 11.5 Å². The van der Waals surface area contributed by atoms with Gasteiger partial charge in [0, 0.05) is 18.6 Å². The summed E-state index contributed by atoms with van der Waals surface area (Å²) in [5, 5.41) is 0.579. The molecule has 5 nitrogen and oxygen atoms in total. The zero-order valence-electron chi connectivity index (χ0n) is 13.8. The maximum Gasteiger partial charge on any atom is 0.218 e. The minimum atomic E-state index is -3.44. The average molecular weight is 370 g/mol. The van der Waals surface area contributed by atoms with Crippen LogP contribution in [0.2, 0.25) is 5.02 Å². The van der Waals surface area contributed by atoms with Crippen LogP contribution in [0, 0.1) is 0 Å². The third kappa shape index (κ3) is 4.63. The standard InChI is InChI=1S/C17H20ClNO4S/c1-19(11-14-6-9-16(22-2)17(10-14)23-3)24(20,21)12-13-4-7-15(18)8-5-13/h4-10H,11-12H2,1-3H3. The molecular weight excluding hydrogens is 350 g/mol. The number of sulfonamides is 1. The fourth-order valence-electron chi connectivity index (χ4n) is 2.24. The van der Waals surface area contributed by atoms with Gasteiger partial charge in [0.2, 0.25) is 10.0 Å². The van der Waals surface area contributed by atoms with Crippen LogP contribution in [0.15, 0.2) is 42.5 Å². The SMILES string of the molecule is COc1ccc(CN(C)S(=O)(=O)Cc2ccc(Cl)cc2)cc1OC. The number of methoxy groups -OCH3 is 2. The Morgan fingerprint density at radius 1 is 0.958 bits per heavy atom. The molecule has 0 saturated heterocycles. The van der Waals surface area contributed by atoms with E-state index in [0.29, 0.717) is 22.1 Å². The third-order valence-corrected chi connectivity index (χ3v) is 5.62. The largest absolute Gasteiger partial charge is 0.493 e. The minimum absolute atomic E-state index is 0.0754. The van der Waals surface area contributed by atoms with Crippen LogP contribution in [0.3, 0.4) is 0 Å². The van der Waals surface area contributed by atoms with E-state index in [1.54, 1.807) is 57.7 Å². The Hall–Kier alpha value is -1.76. The highest BCUT2D eigenvalue weighted by Crippen LogP contribution is 2.28. The first-order chi connectivity index (χ1) is 11.4. The van der Waals surface area contributed by atoms with Gasteiger partial charge in [-0.3, -0.25) is 0 Å². The van der Waals surface area contributed by atoms with E-state index in [4.69, 9.17) is 21.1 Å². The van der Waals surface area contributed by atoms with Crippen LogP contribution in [-0.4, -0.2) is 34.0 Å². The lowest BCUT2D eigenvalue weighted by molar-refractivity contribution is 0.354. The summed E-state index contributed by atoms with van der Waals surface area (Å²) < 4.78 is 36.8. The number of nitrogens with zero attached hydrogens (tertiary/aromatic N) is 1. The lowest BCUT2D eigenvalue weighted by atomic mass is 10.2. The van der Waals surface area contributed by atoms with Gasteiger partial charge < -0.3 is 9.47 Å². The van der Waals surface area contributed by atoms with Gasteiger partial charge in [0.25, 0.3) is 0 Å². The Morgan fingerprint density at radius 3 is 2.12 bits per heavy atom.